The minimum absolute atomic E-state index is 0.192. The summed E-state index contributed by atoms with van der Waals surface area (Å²) in [5.74, 6) is -4.04. The van der Waals surface area contributed by atoms with Crippen molar-refractivity contribution in [2.75, 3.05) is 19.7 Å². The smallest absolute Gasteiger partial charge is 0.407 e. The fourth-order valence-electron chi connectivity index (χ4n) is 3.38. The molecule has 9 heteroatoms. The van der Waals surface area contributed by atoms with Crippen LogP contribution in [0, 0.1) is 0 Å². The van der Waals surface area contributed by atoms with Gasteiger partial charge < -0.3 is 25.4 Å². The van der Waals surface area contributed by atoms with Crippen molar-refractivity contribution in [3.8, 4) is 5.75 Å². The summed E-state index contributed by atoms with van der Waals surface area (Å²) in [7, 11) is 0. The van der Waals surface area contributed by atoms with Gasteiger partial charge in [0.05, 0.1) is 6.61 Å². The largest absolute Gasteiger partial charge is 0.494 e. The number of nitrogens with one attached hydrogen (secondary N) is 1. The number of alkyl carbamates (subject to hydrolysis) is 1. The van der Waals surface area contributed by atoms with Crippen molar-refractivity contribution in [1.82, 2.24) is 10.2 Å². The highest BCUT2D eigenvalue weighted by Gasteiger charge is 2.45. The lowest BCUT2D eigenvalue weighted by atomic mass is 9.98. The molecule has 1 unspecified atom stereocenters. The number of carbonyl (C=O) groups is 2. The summed E-state index contributed by atoms with van der Waals surface area (Å²) in [6.45, 7) is 8.19. The second-order valence-corrected chi connectivity index (χ2v) is 9.08. The summed E-state index contributed by atoms with van der Waals surface area (Å²) in [4.78, 5) is 25.9. The van der Waals surface area contributed by atoms with Crippen LogP contribution >= 0.6 is 0 Å². The second-order valence-electron chi connectivity index (χ2n) is 9.08. The van der Waals surface area contributed by atoms with E-state index in [1.165, 1.54) is 23.1 Å². The molecule has 2 rings (SSSR count). The Hall–Kier alpha value is -2.42. The molecule has 1 aromatic rings. The number of nitrogens with two attached hydrogens (primary N) is 1. The number of hydrogen-bond donors (Lipinski definition) is 2. The molecular formula is C23H35F2N3O4. The topological polar surface area (TPSA) is 93.9 Å². The standard InChI is InChI=1S/C23H35F2N3O4/c1-5-6-14-31-18-9-7-8-16(15-18)23(24,25)19(26)20(29)28-12-10-17(11-13-28)27-21(30)32-22(2,3)4/h7-9,15,17,19H,5-6,10-14,26H2,1-4H3,(H,27,30). The molecule has 1 heterocycles. The number of likely N-dealkylation sites (tertiary alicyclic amines) is 1. The van der Waals surface area contributed by atoms with Crippen LogP contribution in [0.15, 0.2) is 24.3 Å². The molecule has 1 aromatic carbocycles. The summed E-state index contributed by atoms with van der Waals surface area (Å²) in [6.07, 6.45) is 2.08. The second kappa shape index (κ2) is 10.9. The Morgan fingerprint density at radius 2 is 1.91 bits per heavy atom. The van der Waals surface area contributed by atoms with Gasteiger partial charge in [0.15, 0.2) is 6.04 Å². The normalized spacial score (nSPS) is 16.4. The molecular weight excluding hydrogens is 420 g/mol. The number of hydrogen-bond acceptors (Lipinski definition) is 5. The molecule has 1 fully saturated rings. The maximum atomic E-state index is 15.0. The molecule has 1 aliphatic rings. The van der Waals surface area contributed by atoms with E-state index < -0.39 is 29.6 Å². The van der Waals surface area contributed by atoms with Gasteiger partial charge in [0.1, 0.15) is 11.4 Å². The third-order valence-corrected chi connectivity index (χ3v) is 5.17. The van der Waals surface area contributed by atoms with E-state index in [-0.39, 0.29) is 24.7 Å². The van der Waals surface area contributed by atoms with Crippen molar-refractivity contribution in [3.05, 3.63) is 29.8 Å². The number of carbonyl (C=O) groups excluding carboxylic acids is 2. The molecule has 3 N–H and O–H groups in total. The Labute approximate surface area is 188 Å². The molecule has 7 nitrogen and oxygen atoms in total. The van der Waals surface area contributed by atoms with Gasteiger partial charge in [-0.25, -0.2) is 4.79 Å². The molecule has 1 saturated heterocycles. The average molecular weight is 456 g/mol. The molecule has 32 heavy (non-hydrogen) atoms. The minimum atomic E-state index is -3.55. The number of piperidine rings is 1. The van der Waals surface area contributed by atoms with Gasteiger partial charge >= 0.3 is 6.09 Å². The van der Waals surface area contributed by atoms with Crippen molar-refractivity contribution in [2.45, 2.75) is 77.0 Å². The maximum Gasteiger partial charge on any atom is 0.407 e. The highest BCUT2D eigenvalue weighted by molar-refractivity contribution is 5.83. The van der Waals surface area contributed by atoms with Gasteiger partial charge in [0, 0.05) is 24.7 Å². The zero-order valence-corrected chi connectivity index (χ0v) is 19.3. The summed E-state index contributed by atoms with van der Waals surface area (Å²) >= 11 is 0. The van der Waals surface area contributed by atoms with E-state index in [0.29, 0.717) is 25.2 Å². The Balaban J connectivity index is 1.94. The van der Waals surface area contributed by atoms with Crippen molar-refractivity contribution in [2.24, 2.45) is 5.73 Å². The lowest BCUT2D eigenvalue weighted by Crippen LogP contribution is -2.55. The fraction of sp³-hybridized carbons (Fsp3) is 0.652. The Morgan fingerprint density at radius 1 is 1.25 bits per heavy atom. The molecule has 0 spiro atoms. The van der Waals surface area contributed by atoms with E-state index in [1.54, 1.807) is 26.8 Å². The van der Waals surface area contributed by atoms with Crippen LogP contribution in [0.4, 0.5) is 13.6 Å². The first kappa shape index (κ1) is 25.8. The van der Waals surface area contributed by atoms with Crippen LogP contribution in [-0.2, 0) is 15.5 Å². The molecule has 0 aromatic heterocycles. The van der Waals surface area contributed by atoms with Crippen LogP contribution < -0.4 is 15.8 Å². The number of nitrogens with zero attached hydrogens (tertiary/aromatic N) is 1. The number of rotatable bonds is 8. The molecule has 2 amide bonds. The highest BCUT2D eigenvalue weighted by atomic mass is 19.3. The third-order valence-electron chi connectivity index (χ3n) is 5.17. The van der Waals surface area contributed by atoms with Crippen LogP contribution in [0.2, 0.25) is 0 Å². The minimum Gasteiger partial charge on any atom is -0.494 e. The number of amides is 2. The molecule has 0 radical (unpaired) electrons. The van der Waals surface area contributed by atoms with E-state index in [1.807, 2.05) is 6.92 Å². The molecule has 1 aliphatic heterocycles. The lowest BCUT2D eigenvalue weighted by molar-refractivity contribution is -0.144. The van der Waals surface area contributed by atoms with Gasteiger partial charge in [0.2, 0.25) is 5.91 Å². The quantitative estimate of drug-likeness (QED) is 0.582. The first-order chi connectivity index (χ1) is 14.9. The zero-order chi connectivity index (χ0) is 23.9. The van der Waals surface area contributed by atoms with E-state index in [0.717, 1.165) is 12.8 Å². The predicted molar refractivity (Wildman–Crippen MR) is 118 cm³/mol. The highest BCUT2D eigenvalue weighted by Crippen LogP contribution is 2.34. The van der Waals surface area contributed by atoms with E-state index in [4.69, 9.17) is 15.2 Å². The number of benzene rings is 1. The van der Waals surface area contributed by atoms with Crippen molar-refractivity contribution < 1.29 is 27.8 Å². The van der Waals surface area contributed by atoms with Crippen LogP contribution in [0.3, 0.4) is 0 Å². The molecule has 0 saturated carbocycles. The summed E-state index contributed by atoms with van der Waals surface area (Å²) in [5.41, 5.74) is 4.78. The first-order valence-electron chi connectivity index (χ1n) is 11.1. The van der Waals surface area contributed by atoms with Gasteiger partial charge in [0.25, 0.3) is 5.92 Å². The van der Waals surface area contributed by atoms with Crippen LogP contribution in [-0.4, -0.2) is 54.3 Å². The number of ether oxygens (including phenoxy) is 2. The first-order valence-corrected chi connectivity index (χ1v) is 11.1. The van der Waals surface area contributed by atoms with Crippen molar-refractivity contribution in [1.29, 1.82) is 0 Å². The van der Waals surface area contributed by atoms with Crippen LogP contribution in [0.25, 0.3) is 0 Å². The average Bonchev–Trinajstić information content (AvgIpc) is 2.72. The molecule has 0 bridgehead atoms. The fourth-order valence-corrected chi connectivity index (χ4v) is 3.38. The van der Waals surface area contributed by atoms with E-state index in [9.17, 15) is 9.59 Å². The van der Waals surface area contributed by atoms with Crippen molar-refractivity contribution in [3.63, 3.8) is 0 Å². The van der Waals surface area contributed by atoms with E-state index >= 15 is 8.78 Å². The summed E-state index contributed by atoms with van der Waals surface area (Å²) in [6, 6.07) is 3.35. The predicted octanol–water partition coefficient (Wildman–Crippen LogP) is 3.80. The van der Waals surface area contributed by atoms with Crippen LogP contribution in [0.1, 0.15) is 58.9 Å². The molecule has 0 aliphatic carbocycles. The third kappa shape index (κ3) is 7.32. The molecule has 180 valence electrons. The van der Waals surface area contributed by atoms with E-state index in [2.05, 4.69) is 5.32 Å². The number of alkyl halides is 2. The summed E-state index contributed by atoms with van der Waals surface area (Å²) in [5, 5.41) is 2.75. The van der Waals surface area contributed by atoms with Gasteiger partial charge in [-0.15, -0.1) is 0 Å². The Bertz CT molecular complexity index is 775. The number of unbranched alkanes of at least 4 members (excludes halogenated alkanes) is 1. The lowest BCUT2D eigenvalue weighted by Gasteiger charge is -2.35. The van der Waals surface area contributed by atoms with Crippen molar-refractivity contribution >= 4 is 12.0 Å². The number of halogens is 2. The zero-order valence-electron chi connectivity index (χ0n) is 19.3. The Morgan fingerprint density at radius 3 is 2.50 bits per heavy atom. The van der Waals surface area contributed by atoms with Gasteiger partial charge in [-0.2, -0.15) is 8.78 Å². The SMILES string of the molecule is CCCCOc1cccc(C(F)(F)C(N)C(=O)N2CCC(NC(=O)OC(C)(C)C)CC2)c1. The molecule has 1 atom stereocenters. The Kier molecular flexibility index (Phi) is 8.83. The van der Waals surface area contributed by atoms with Gasteiger partial charge in [-0.3, -0.25) is 4.79 Å². The maximum absolute atomic E-state index is 15.0. The van der Waals surface area contributed by atoms with Crippen LogP contribution in [0.5, 0.6) is 5.75 Å². The summed E-state index contributed by atoms with van der Waals surface area (Å²) < 4.78 is 40.8. The van der Waals surface area contributed by atoms with Gasteiger partial charge in [-0.05, 0) is 52.2 Å². The monoisotopic (exact) mass is 455 g/mol. The van der Waals surface area contributed by atoms with Gasteiger partial charge in [-0.1, -0.05) is 25.5 Å².